The molecule has 0 bridgehead atoms. The molecular weight excluding hydrogens is 368 g/mol. The molecule has 0 N–H and O–H groups in total. The molecule has 3 aromatic rings. The standard InChI is InChI=1S/C22H18N4O3/c1-13-9-18(10-19(11-23)17-5-7-20(8-6-17)26(27)28)15(3)25(13)22-21(12-24)14(2)16(4)29-22/h5-10H,1-4H3/b19-10+. The molecule has 2 heterocycles. The van der Waals surface area contributed by atoms with E-state index in [1.54, 1.807) is 18.2 Å². The van der Waals surface area contributed by atoms with Gasteiger partial charge in [-0.2, -0.15) is 10.5 Å². The molecule has 1 aromatic carbocycles. The minimum Gasteiger partial charge on any atom is -0.443 e. The van der Waals surface area contributed by atoms with Crippen molar-refractivity contribution in [3.63, 3.8) is 0 Å². The maximum Gasteiger partial charge on any atom is 0.269 e. The molecule has 0 unspecified atom stereocenters. The quantitative estimate of drug-likeness (QED) is 0.350. The molecule has 0 aliphatic heterocycles. The average Bonchev–Trinajstić information content (AvgIpc) is 3.14. The average molecular weight is 386 g/mol. The van der Waals surface area contributed by atoms with E-state index in [1.165, 1.54) is 12.1 Å². The molecule has 0 aliphatic carbocycles. The number of non-ortho nitro benzene ring substituents is 1. The summed E-state index contributed by atoms with van der Waals surface area (Å²) in [5.74, 6) is 1.15. The van der Waals surface area contributed by atoms with Crippen LogP contribution < -0.4 is 0 Å². The number of hydrogen-bond acceptors (Lipinski definition) is 5. The first-order valence-corrected chi connectivity index (χ1v) is 8.84. The van der Waals surface area contributed by atoms with E-state index < -0.39 is 4.92 Å². The van der Waals surface area contributed by atoms with Crippen LogP contribution >= 0.6 is 0 Å². The molecule has 7 heteroatoms. The van der Waals surface area contributed by atoms with Crippen LogP contribution in [0.25, 0.3) is 17.5 Å². The third-order valence-corrected chi connectivity index (χ3v) is 4.96. The van der Waals surface area contributed by atoms with E-state index in [0.29, 0.717) is 28.3 Å². The summed E-state index contributed by atoms with van der Waals surface area (Å²) in [7, 11) is 0. The van der Waals surface area contributed by atoms with E-state index >= 15 is 0 Å². The van der Waals surface area contributed by atoms with Crippen molar-refractivity contribution in [3.8, 4) is 18.0 Å². The Morgan fingerprint density at radius 3 is 2.38 bits per heavy atom. The maximum atomic E-state index is 10.8. The second-order valence-electron chi connectivity index (χ2n) is 6.71. The van der Waals surface area contributed by atoms with Crippen molar-refractivity contribution < 1.29 is 9.34 Å². The summed E-state index contributed by atoms with van der Waals surface area (Å²) in [6.07, 6.45) is 1.73. The monoisotopic (exact) mass is 386 g/mol. The minimum absolute atomic E-state index is 0.0307. The molecule has 3 rings (SSSR count). The Morgan fingerprint density at radius 2 is 1.83 bits per heavy atom. The van der Waals surface area contributed by atoms with Gasteiger partial charge in [0.05, 0.1) is 16.6 Å². The van der Waals surface area contributed by atoms with Gasteiger partial charge in [-0.3, -0.25) is 14.7 Å². The highest BCUT2D eigenvalue weighted by molar-refractivity contribution is 5.90. The molecule has 2 aromatic heterocycles. The van der Waals surface area contributed by atoms with E-state index in [0.717, 1.165) is 22.5 Å². The van der Waals surface area contributed by atoms with E-state index in [2.05, 4.69) is 12.1 Å². The first-order chi connectivity index (χ1) is 13.8. The zero-order valence-corrected chi connectivity index (χ0v) is 16.5. The molecule has 0 radical (unpaired) electrons. The molecule has 0 aliphatic rings. The molecule has 144 valence electrons. The van der Waals surface area contributed by atoms with Gasteiger partial charge in [0.2, 0.25) is 5.88 Å². The Hall–Kier alpha value is -4.10. The van der Waals surface area contributed by atoms with Gasteiger partial charge < -0.3 is 4.42 Å². The summed E-state index contributed by atoms with van der Waals surface area (Å²) in [6.45, 7) is 7.45. The molecule has 0 spiro atoms. The smallest absolute Gasteiger partial charge is 0.269 e. The zero-order valence-electron chi connectivity index (χ0n) is 16.5. The highest BCUT2D eigenvalue weighted by atomic mass is 16.6. The lowest BCUT2D eigenvalue weighted by atomic mass is 10.0. The topological polar surface area (TPSA) is 109 Å². The molecule has 0 amide bonds. The summed E-state index contributed by atoms with van der Waals surface area (Å²) in [5, 5.41) is 30.0. The van der Waals surface area contributed by atoms with Crippen LogP contribution in [-0.4, -0.2) is 9.49 Å². The van der Waals surface area contributed by atoms with Crippen molar-refractivity contribution in [2.75, 3.05) is 0 Å². The van der Waals surface area contributed by atoms with Crippen molar-refractivity contribution in [1.29, 1.82) is 10.5 Å². The van der Waals surface area contributed by atoms with Crippen LogP contribution in [0.4, 0.5) is 5.69 Å². The van der Waals surface area contributed by atoms with Crippen LogP contribution in [0, 0.1) is 60.5 Å². The first kappa shape index (κ1) is 19.7. The van der Waals surface area contributed by atoms with Gasteiger partial charge in [-0.1, -0.05) is 0 Å². The molecule has 0 fully saturated rings. The number of nitro benzene ring substituents is 1. The van der Waals surface area contributed by atoms with Gasteiger partial charge in [0.1, 0.15) is 17.4 Å². The second kappa shape index (κ2) is 7.49. The van der Waals surface area contributed by atoms with Crippen LogP contribution in [-0.2, 0) is 0 Å². The van der Waals surface area contributed by atoms with Crippen LogP contribution in [0.1, 0.15) is 39.4 Å². The highest BCUT2D eigenvalue weighted by Crippen LogP contribution is 2.30. The second-order valence-corrected chi connectivity index (χ2v) is 6.71. The Morgan fingerprint density at radius 1 is 1.17 bits per heavy atom. The van der Waals surface area contributed by atoms with Gasteiger partial charge in [-0.15, -0.1) is 0 Å². The fraction of sp³-hybridized carbons (Fsp3) is 0.182. The summed E-state index contributed by atoms with van der Waals surface area (Å²) >= 11 is 0. The van der Waals surface area contributed by atoms with Crippen molar-refractivity contribution in [2.24, 2.45) is 0 Å². The predicted octanol–water partition coefficient (Wildman–Crippen LogP) is 5.15. The fourth-order valence-corrected chi connectivity index (χ4v) is 3.24. The van der Waals surface area contributed by atoms with Gasteiger partial charge in [0, 0.05) is 29.1 Å². The number of nitrogens with zero attached hydrogens (tertiary/aromatic N) is 4. The van der Waals surface area contributed by atoms with Crippen molar-refractivity contribution in [1.82, 2.24) is 4.57 Å². The molecular formula is C22H18N4O3. The Kier molecular flexibility index (Phi) is 5.08. The van der Waals surface area contributed by atoms with E-state index in [4.69, 9.17) is 4.42 Å². The molecule has 29 heavy (non-hydrogen) atoms. The third-order valence-electron chi connectivity index (χ3n) is 4.96. The van der Waals surface area contributed by atoms with Crippen LogP contribution in [0.5, 0.6) is 0 Å². The maximum absolute atomic E-state index is 10.8. The highest BCUT2D eigenvalue weighted by Gasteiger charge is 2.20. The molecule has 0 saturated carbocycles. The Bertz CT molecular complexity index is 1230. The number of rotatable bonds is 4. The van der Waals surface area contributed by atoms with E-state index in [-0.39, 0.29) is 5.69 Å². The van der Waals surface area contributed by atoms with E-state index in [1.807, 2.05) is 38.3 Å². The van der Waals surface area contributed by atoms with Gasteiger partial charge in [0.15, 0.2) is 0 Å². The number of aromatic nitrogens is 1. The number of nitro groups is 1. The summed E-state index contributed by atoms with van der Waals surface area (Å²) in [5.41, 5.74) is 4.70. The van der Waals surface area contributed by atoms with Gasteiger partial charge in [-0.05, 0) is 63.1 Å². The van der Waals surface area contributed by atoms with Gasteiger partial charge in [-0.25, -0.2) is 0 Å². The Balaban J connectivity index is 2.10. The summed E-state index contributed by atoms with van der Waals surface area (Å²) < 4.78 is 7.70. The fourth-order valence-electron chi connectivity index (χ4n) is 3.24. The Labute approximate surface area is 167 Å². The number of furan rings is 1. The lowest BCUT2D eigenvalue weighted by molar-refractivity contribution is -0.384. The normalized spacial score (nSPS) is 11.2. The summed E-state index contributed by atoms with van der Waals surface area (Å²) in [6, 6.07) is 12.1. The zero-order chi connectivity index (χ0) is 21.3. The number of hydrogen-bond donors (Lipinski definition) is 0. The molecule has 0 saturated heterocycles. The molecule has 7 nitrogen and oxygen atoms in total. The van der Waals surface area contributed by atoms with Crippen LogP contribution in [0.15, 0.2) is 34.7 Å². The number of allylic oxidation sites excluding steroid dienone is 1. The number of benzene rings is 1. The lowest BCUT2D eigenvalue weighted by Crippen LogP contribution is -2.00. The number of aryl methyl sites for hydroxylation is 2. The SMILES string of the molecule is Cc1oc(-n2c(C)cc(/C=C(\C#N)c3ccc([N+](=O)[O-])cc3)c2C)c(C#N)c1C. The van der Waals surface area contributed by atoms with E-state index in [9.17, 15) is 20.6 Å². The van der Waals surface area contributed by atoms with Crippen molar-refractivity contribution in [2.45, 2.75) is 27.7 Å². The van der Waals surface area contributed by atoms with Crippen LogP contribution in [0.3, 0.4) is 0 Å². The lowest BCUT2D eigenvalue weighted by Gasteiger charge is -2.06. The van der Waals surface area contributed by atoms with Gasteiger partial charge in [0.25, 0.3) is 5.69 Å². The van der Waals surface area contributed by atoms with Gasteiger partial charge >= 0.3 is 0 Å². The minimum atomic E-state index is -0.479. The first-order valence-electron chi connectivity index (χ1n) is 8.84. The third kappa shape index (κ3) is 3.42. The largest absolute Gasteiger partial charge is 0.443 e. The number of nitriles is 2. The summed E-state index contributed by atoms with van der Waals surface area (Å²) in [4.78, 5) is 10.4. The van der Waals surface area contributed by atoms with Crippen LogP contribution in [0.2, 0.25) is 0 Å². The molecule has 0 atom stereocenters. The predicted molar refractivity (Wildman–Crippen MR) is 108 cm³/mol. The van der Waals surface area contributed by atoms with Crippen molar-refractivity contribution in [3.05, 3.63) is 79.8 Å². The van der Waals surface area contributed by atoms with Crippen molar-refractivity contribution >= 4 is 17.3 Å².